The van der Waals surface area contributed by atoms with Crippen LogP contribution in [0.15, 0.2) is 6.33 Å². The van der Waals surface area contributed by atoms with Gasteiger partial charge in [0.15, 0.2) is 0 Å². The molecule has 0 bridgehead atoms. The van der Waals surface area contributed by atoms with E-state index in [1.807, 2.05) is 0 Å². The van der Waals surface area contributed by atoms with E-state index in [0.29, 0.717) is 17.9 Å². The monoisotopic (exact) mass is 183 g/mol. The Morgan fingerprint density at radius 3 is 3.23 bits per heavy atom. The van der Waals surface area contributed by atoms with Gasteiger partial charge < -0.3 is 10.3 Å². The lowest BCUT2D eigenvalue weighted by Crippen LogP contribution is -2.42. The summed E-state index contributed by atoms with van der Waals surface area (Å²) in [4.78, 5) is 14.5. The van der Waals surface area contributed by atoms with Crippen molar-refractivity contribution in [1.29, 1.82) is 0 Å². The van der Waals surface area contributed by atoms with Crippen molar-refractivity contribution >= 4 is 5.97 Å². The molecule has 0 aromatic carbocycles. The molecule has 0 saturated carbocycles. The Morgan fingerprint density at radius 1 is 1.77 bits per heavy atom. The van der Waals surface area contributed by atoms with Gasteiger partial charge in [0, 0.05) is 13.0 Å². The van der Waals surface area contributed by atoms with Gasteiger partial charge in [0.05, 0.1) is 11.4 Å². The maximum atomic E-state index is 10.6. The van der Waals surface area contributed by atoms with Crippen LogP contribution in [0.2, 0.25) is 0 Å². The van der Waals surface area contributed by atoms with Crippen molar-refractivity contribution in [3.05, 3.63) is 17.7 Å². The predicted molar refractivity (Wildman–Crippen MR) is 41.4 cm³/mol. The lowest BCUT2D eigenvalue weighted by atomic mass is 10.1. The number of aliphatic carboxylic acids is 1. The quantitative estimate of drug-likeness (QED) is 0.497. The van der Waals surface area contributed by atoms with Crippen LogP contribution in [0.25, 0.3) is 0 Å². The van der Waals surface area contributed by atoms with Crippen LogP contribution in [-0.4, -0.2) is 32.0 Å². The molecule has 0 spiro atoms. The highest BCUT2D eigenvalue weighted by Crippen LogP contribution is 2.14. The number of fused-ring (bicyclic) bond motifs is 1. The van der Waals surface area contributed by atoms with Crippen LogP contribution in [-0.2, 0) is 17.8 Å². The van der Waals surface area contributed by atoms with Gasteiger partial charge in [-0.15, -0.1) is 0 Å². The van der Waals surface area contributed by atoms with Crippen LogP contribution in [0, 0.1) is 0 Å². The highest BCUT2D eigenvalue weighted by molar-refractivity contribution is 5.74. The number of carboxylic acids is 1. The third-order valence-electron chi connectivity index (χ3n) is 2.14. The molecular formula is C7H9N3O3. The first kappa shape index (κ1) is 8.06. The third-order valence-corrected chi connectivity index (χ3v) is 2.14. The molecule has 1 aromatic heterocycles. The second-order valence-electron chi connectivity index (χ2n) is 2.96. The van der Waals surface area contributed by atoms with Gasteiger partial charge in [-0.1, -0.05) is 0 Å². The van der Waals surface area contributed by atoms with E-state index >= 15 is 0 Å². The van der Waals surface area contributed by atoms with Gasteiger partial charge in [0.2, 0.25) is 0 Å². The number of nitrogens with one attached hydrogen (secondary N) is 1. The Labute approximate surface area is 73.8 Å². The summed E-state index contributed by atoms with van der Waals surface area (Å²) in [6.45, 7) is 0.389. The lowest BCUT2D eigenvalue weighted by molar-refractivity contribution is -0.139. The van der Waals surface area contributed by atoms with Crippen molar-refractivity contribution in [2.45, 2.75) is 19.0 Å². The second-order valence-corrected chi connectivity index (χ2v) is 2.96. The van der Waals surface area contributed by atoms with Gasteiger partial charge >= 0.3 is 5.97 Å². The van der Waals surface area contributed by atoms with E-state index in [1.54, 1.807) is 0 Å². The number of rotatable bonds is 1. The summed E-state index contributed by atoms with van der Waals surface area (Å²) < 4.78 is 0.881. The van der Waals surface area contributed by atoms with Gasteiger partial charge in [0.1, 0.15) is 12.4 Å². The molecule has 2 rings (SSSR count). The summed E-state index contributed by atoms with van der Waals surface area (Å²) in [6, 6.07) is -0.630. The van der Waals surface area contributed by atoms with E-state index in [0.717, 1.165) is 4.73 Å². The fourth-order valence-electron chi connectivity index (χ4n) is 1.42. The molecule has 2 heterocycles. The van der Waals surface area contributed by atoms with Gasteiger partial charge in [-0.25, -0.2) is 4.98 Å². The van der Waals surface area contributed by atoms with E-state index in [1.165, 1.54) is 6.33 Å². The Balaban J connectivity index is 2.27. The van der Waals surface area contributed by atoms with Crippen LogP contribution >= 0.6 is 0 Å². The van der Waals surface area contributed by atoms with Crippen LogP contribution in [0.5, 0.6) is 0 Å². The summed E-state index contributed by atoms with van der Waals surface area (Å²) in [7, 11) is 0. The highest BCUT2D eigenvalue weighted by atomic mass is 16.5. The molecule has 13 heavy (non-hydrogen) atoms. The number of carboxylic acid groups (broad SMARTS) is 1. The van der Waals surface area contributed by atoms with Crippen molar-refractivity contribution in [2.24, 2.45) is 0 Å². The number of nitrogens with zero attached hydrogens (tertiary/aromatic N) is 2. The minimum atomic E-state index is -0.910. The van der Waals surface area contributed by atoms with Gasteiger partial charge in [-0.3, -0.25) is 10.1 Å². The second kappa shape index (κ2) is 2.74. The van der Waals surface area contributed by atoms with Crippen molar-refractivity contribution in [2.75, 3.05) is 0 Å². The molecule has 0 fully saturated rings. The van der Waals surface area contributed by atoms with Crippen LogP contribution in [0.4, 0.5) is 0 Å². The zero-order chi connectivity index (χ0) is 9.42. The Kier molecular flexibility index (Phi) is 1.70. The molecule has 1 aliphatic heterocycles. The van der Waals surface area contributed by atoms with Crippen LogP contribution < -0.4 is 5.32 Å². The minimum absolute atomic E-state index is 0.265. The largest absolute Gasteiger partial charge is 0.480 e. The van der Waals surface area contributed by atoms with Gasteiger partial charge in [-0.2, -0.15) is 4.73 Å². The molecule has 1 unspecified atom stereocenters. The number of hydrogen-bond acceptors (Lipinski definition) is 4. The van der Waals surface area contributed by atoms with Crippen molar-refractivity contribution in [1.82, 2.24) is 15.0 Å². The zero-order valence-electron chi connectivity index (χ0n) is 6.77. The molecule has 70 valence electrons. The normalized spacial score (nSPS) is 21.1. The number of imidazole rings is 1. The maximum absolute atomic E-state index is 10.6. The Morgan fingerprint density at radius 2 is 2.54 bits per heavy atom. The topological polar surface area (TPSA) is 87.4 Å². The Bertz CT molecular complexity index is 347. The summed E-state index contributed by atoms with van der Waals surface area (Å²) in [5.74, 6) is -0.910. The summed E-state index contributed by atoms with van der Waals surface area (Å²) >= 11 is 0. The van der Waals surface area contributed by atoms with E-state index in [2.05, 4.69) is 10.3 Å². The summed E-state index contributed by atoms with van der Waals surface area (Å²) in [6.07, 6.45) is 1.54. The average Bonchev–Trinajstić information content (AvgIpc) is 2.47. The molecular weight excluding hydrogens is 174 g/mol. The molecule has 0 aliphatic carbocycles. The smallest absolute Gasteiger partial charge is 0.321 e. The first-order valence-corrected chi connectivity index (χ1v) is 3.89. The van der Waals surface area contributed by atoms with Crippen molar-refractivity contribution < 1.29 is 15.1 Å². The third kappa shape index (κ3) is 1.25. The van der Waals surface area contributed by atoms with E-state index in [9.17, 15) is 10.0 Å². The van der Waals surface area contributed by atoms with E-state index < -0.39 is 12.0 Å². The number of carbonyl (C=O) groups is 1. The van der Waals surface area contributed by atoms with Crippen molar-refractivity contribution in [3.8, 4) is 0 Å². The molecule has 6 heteroatoms. The highest BCUT2D eigenvalue weighted by Gasteiger charge is 2.26. The fourth-order valence-corrected chi connectivity index (χ4v) is 1.42. The van der Waals surface area contributed by atoms with E-state index in [-0.39, 0.29) is 6.42 Å². The fraction of sp³-hybridized carbons (Fsp3) is 0.429. The number of aromatic nitrogens is 2. The van der Waals surface area contributed by atoms with Crippen molar-refractivity contribution in [3.63, 3.8) is 0 Å². The molecule has 0 saturated heterocycles. The van der Waals surface area contributed by atoms with Gasteiger partial charge in [-0.05, 0) is 0 Å². The van der Waals surface area contributed by atoms with Crippen LogP contribution in [0.3, 0.4) is 0 Å². The SMILES string of the molecule is O=C(O)C1Cc2c(ncn2O)CN1. The first-order chi connectivity index (χ1) is 6.18. The molecule has 3 N–H and O–H groups in total. The molecule has 1 atom stereocenters. The zero-order valence-corrected chi connectivity index (χ0v) is 6.77. The molecule has 6 nitrogen and oxygen atoms in total. The summed E-state index contributed by atoms with van der Waals surface area (Å²) in [5.41, 5.74) is 1.28. The molecule has 1 aliphatic rings. The van der Waals surface area contributed by atoms with Crippen LogP contribution in [0.1, 0.15) is 11.4 Å². The predicted octanol–water partition coefficient (Wildman–Crippen LogP) is -0.781. The van der Waals surface area contributed by atoms with E-state index in [4.69, 9.17) is 5.11 Å². The minimum Gasteiger partial charge on any atom is -0.480 e. The Hall–Kier alpha value is -1.56. The molecule has 0 radical (unpaired) electrons. The standard InChI is InChI=1S/C7H9N3O3/c11-7(12)4-1-6-5(2-8-4)9-3-10(6)13/h3-4,8,13H,1-2H2,(H,11,12). The average molecular weight is 183 g/mol. The first-order valence-electron chi connectivity index (χ1n) is 3.89. The summed E-state index contributed by atoms with van der Waals surface area (Å²) in [5, 5.41) is 20.7. The number of hydrogen-bond donors (Lipinski definition) is 3. The molecule has 0 amide bonds. The molecule has 1 aromatic rings. The lowest BCUT2D eigenvalue weighted by Gasteiger charge is -2.19. The maximum Gasteiger partial charge on any atom is 0.321 e. The van der Waals surface area contributed by atoms with Gasteiger partial charge in [0.25, 0.3) is 0 Å².